The first kappa shape index (κ1) is 18.5. The molecule has 1 aliphatic heterocycles. The Kier molecular flexibility index (Phi) is 5.35. The molecule has 1 saturated heterocycles. The summed E-state index contributed by atoms with van der Waals surface area (Å²) in [6.45, 7) is 10.7. The van der Waals surface area contributed by atoms with Gasteiger partial charge in [-0.1, -0.05) is 27.7 Å². The van der Waals surface area contributed by atoms with Crippen molar-refractivity contribution in [1.29, 1.82) is 0 Å². The fourth-order valence-electron chi connectivity index (χ4n) is 3.71. The van der Waals surface area contributed by atoms with E-state index in [4.69, 9.17) is 0 Å². The second-order valence-electron chi connectivity index (χ2n) is 7.15. The fraction of sp³-hybridized carbons (Fsp3) is 0.722. The van der Waals surface area contributed by atoms with Gasteiger partial charge in [0.05, 0.1) is 23.2 Å². The molecule has 0 bridgehead atoms. The van der Waals surface area contributed by atoms with Crippen molar-refractivity contribution in [2.45, 2.75) is 59.9 Å². The molecule has 1 amide bonds. The van der Waals surface area contributed by atoms with Gasteiger partial charge in [0.2, 0.25) is 0 Å². The number of likely N-dealkylation sites (tertiary alicyclic amines) is 1. The second-order valence-corrected chi connectivity index (χ2v) is 7.15. The molecule has 1 atom stereocenters. The number of hydrogen-bond acceptors (Lipinski definition) is 3. The molecular formula is C18H29N3O3. The summed E-state index contributed by atoms with van der Waals surface area (Å²) in [5.74, 6) is -0.924. The van der Waals surface area contributed by atoms with E-state index in [-0.39, 0.29) is 18.4 Å². The van der Waals surface area contributed by atoms with E-state index in [1.807, 2.05) is 25.5 Å². The van der Waals surface area contributed by atoms with Gasteiger partial charge in [0.15, 0.2) is 0 Å². The minimum atomic E-state index is -0.838. The lowest BCUT2D eigenvalue weighted by atomic mass is 9.76. The number of rotatable bonds is 6. The SMILES string of the molecule is CCC(CC)n1ncc(C(=O)N2CCC(C(=O)O)(C(C)C)C2)c1C. The molecule has 2 heterocycles. The summed E-state index contributed by atoms with van der Waals surface area (Å²) in [7, 11) is 0. The molecule has 1 fully saturated rings. The van der Waals surface area contributed by atoms with Crippen molar-refractivity contribution >= 4 is 11.9 Å². The number of amides is 1. The molecule has 0 spiro atoms. The highest BCUT2D eigenvalue weighted by Crippen LogP contribution is 2.38. The maximum Gasteiger partial charge on any atom is 0.311 e. The van der Waals surface area contributed by atoms with Crippen LogP contribution in [-0.4, -0.2) is 44.8 Å². The molecule has 1 aromatic heterocycles. The number of carboxylic acid groups (broad SMARTS) is 1. The average Bonchev–Trinajstić information content (AvgIpc) is 3.14. The van der Waals surface area contributed by atoms with Crippen LogP contribution >= 0.6 is 0 Å². The van der Waals surface area contributed by atoms with Gasteiger partial charge in [0.1, 0.15) is 0 Å². The van der Waals surface area contributed by atoms with Crippen molar-refractivity contribution in [3.8, 4) is 0 Å². The molecule has 2 rings (SSSR count). The lowest BCUT2D eigenvalue weighted by Gasteiger charge is -2.28. The summed E-state index contributed by atoms with van der Waals surface area (Å²) in [5.41, 5.74) is 0.618. The van der Waals surface area contributed by atoms with Gasteiger partial charge in [0.25, 0.3) is 5.91 Å². The van der Waals surface area contributed by atoms with Gasteiger partial charge >= 0.3 is 5.97 Å². The van der Waals surface area contributed by atoms with Crippen molar-refractivity contribution in [2.75, 3.05) is 13.1 Å². The standard InChI is InChI=1S/C18H29N3O3/c1-6-14(7-2)21-13(5)15(10-19-21)16(22)20-9-8-18(11-20,12(3)4)17(23)24/h10,12,14H,6-9,11H2,1-5H3,(H,23,24). The largest absolute Gasteiger partial charge is 0.481 e. The highest BCUT2D eigenvalue weighted by atomic mass is 16.4. The zero-order chi connectivity index (χ0) is 18.1. The molecule has 24 heavy (non-hydrogen) atoms. The fourth-order valence-corrected chi connectivity index (χ4v) is 3.71. The molecule has 1 unspecified atom stereocenters. The molecule has 0 aliphatic carbocycles. The van der Waals surface area contributed by atoms with E-state index in [9.17, 15) is 14.7 Å². The van der Waals surface area contributed by atoms with Crippen molar-refractivity contribution in [3.05, 3.63) is 17.5 Å². The summed E-state index contributed by atoms with van der Waals surface area (Å²) >= 11 is 0. The van der Waals surface area contributed by atoms with Crippen molar-refractivity contribution in [3.63, 3.8) is 0 Å². The Balaban J connectivity index is 2.24. The summed E-state index contributed by atoms with van der Waals surface area (Å²) in [5, 5.41) is 14.1. The van der Waals surface area contributed by atoms with Crippen molar-refractivity contribution < 1.29 is 14.7 Å². The van der Waals surface area contributed by atoms with E-state index in [0.29, 0.717) is 24.6 Å². The van der Waals surface area contributed by atoms with Crippen LogP contribution in [0.5, 0.6) is 0 Å². The molecule has 0 saturated carbocycles. The van der Waals surface area contributed by atoms with Gasteiger partial charge in [0, 0.05) is 18.8 Å². The lowest BCUT2D eigenvalue weighted by molar-refractivity contribution is -0.150. The smallest absolute Gasteiger partial charge is 0.311 e. The van der Waals surface area contributed by atoms with Gasteiger partial charge in [-0.15, -0.1) is 0 Å². The third kappa shape index (κ3) is 2.94. The molecule has 0 aromatic carbocycles. The molecular weight excluding hydrogens is 306 g/mol. The number of carbonyl (C=O) groups excluding carboxylic acids is 1. The van der Waals surface area contributed by atoms with E-state index in [1.165, 1.54) is 0 Å². The zero-order valence-electron chi connectivity index (χ0n) is 15.4. The van der Waals surface area contributed by atoms with Crippen LogP contribution in [0.4, 0.5) is 0 Å². The Hall–Kier alpha value is -1.85. The third-order valence-electron chi connectivity index (χ3n) is 5.68. The summed E-state index contributed by atoms with van der Waals surface area (Å²) in [6.07, 6.45) is 4.06. The van der Waals surface area contributed by atoms with Crippen LogP contribution in [0.15, 0.2) is 6.20 Å². The van der Waals surface area contributed by atoms with Crippen LogP contribution in [0, 0.1) is 18.3 Å². The minimum Gasteiger partial charge on any atom is -0.481 e. The van der Waals surface area contributed by atoms with E-state index >= 15 is 0 Å². The summed E-state index contributed by atoms with van der Waals surface area (Å²) in [6, 6.07) is 0.291. The Morgan fingerprint density at radius 2 is 1.96 bits per heavy atom. The Morgan fingerprint density at radius 3 is 2.42 bits per heavy atom. The van der Waals surface area contributed by atoms with Gasteiger partial charge in [-0.2, -0.15) is 5.10 Å². The number of aromatic nitrogens is 2. The highest BCUT2D eigenvalue weighted by molar-refractivity contribution is 5.96. The zero-order valence-corrected chi connectivity index (χ0v) is 15.4. The highest BCUT2D eigenvalue weighted by Gasteiger charge is 2.48. The van der Waals surface area contributed by atoms with Crippen LogP contribution in [-0.2, 0) is 4.79 Å². The number of hydrogen-bond donors (Lipinski definition) is 1. The molecule has 1 aliphatic rings. The van der Waals surface area contributed by atoms with Gasteiger partial charge in [-0.25, -0.2) is 0 Å². The normalized spacial score (nSPS) is 21.0. The topological polar surface area (TPSA) is 75.4 Å². The Labute approximate surface area is 143 Å². The molecule has 6 heteroatoms. The molecule has 0 radical (unpaired) electrons. The van der Waals surface area contributed by atoms with E-state index in [1.54, 1.807) is 11.1 Å². The monoisotopic (exact) mass is 335 g/mol. The predicted octanol–water partition coefficient (Wildman–Crippen LogP) is 3.13. The van der Waals surface area contributed by atoms with Gasteiger partial charge in [-0.3, -0.25) is 14.3 Å². The van der Waals surface area contributed by atoms with Gasteiger partial charge in [-0.05, 0) is 32.1 Å². The number of carbonyl (C=O) groups is 2. The number of nitrogens with zero attached hydrogens (tertiary/aromatic N) is 3. The molecule has 134 valence electrons. The van der Waals surface area contributed by atoms with Crippen molar-refractivity contribution in [2.24, 2.45) is 11.3 Å². The number of aliphatic carboxylic acids is 1. The summed E-state index contributed by atoms with van der Waals surface area (Å²) < 4.78 is 1.93. The Bertz CT molecular complexity index is 619. The Morgan fingerprint density at radius 1 is 1.33 bits per heavy atom. The first-order chi connectivity index (χ1) is 11.3. The second kappa shape index (κ2) is 6.95. The van der Waals surface area contributed by atoms with E-state index < -0.39 is 11.4 Å². The first-order valence-corrected chi connectivity index (χ1v) is 8.85. The number of carboxylic acids is 1. The summed E-state index contributed by atoms with van der Waals surface area (Å²) in [4.78, 5) is 26.3. The van der Waals surface area contributed by atoms with Crippen LogP contribution in [0.3, 0.4) is 0 Å². The van der Waals surface area contributed by atoms with E-state index in [0.717, 1.165) is 18.5 Å². The predicted molar refractivity (Wildman–Crippen MR) is 92.0 cm³/mol. The van der Waals surface area contributed by atoms with Crippen LogP contribution in [0.25, 0.3) is 0 Å². The van der Waals surface area contributed by atoms with Crippen molar-refractivity contribution in [1.82, 2.24) is 14.7 Å². The van der Waals surface area contributed by atoms with E-state index in [2.05, 4.69) is 18.9 Å². The third-order valence-corrected chi connectivity index (χ3v) is 5.68. The molecule has 1 N–H and O–H groups in total. The molecule has 6 nitrogen and oxygen atoms in total. The maximum absolute atomic E-state index is 12.9. The minimum absolute atomic E-state index is 0.0128. The lowest BCUT2D eigenvalue weighted by Crippen LogP contribution is -2.40. The first-order valence-electron chi connectivity index (χ1n) is 8.85. The quantitative estimate of drug-likeness (QED) is 0.866. The van der Waals surface area contributed by atoms with Crippen LogP contribution in [0.1, 0.15) is 69.1 Å². The maximum atomic E-state index is 12.9. The van der Waals surface area contributed by atoms with Crippen LogP contribution < -0.4 is 0 Å². The van der Waals surface area contributed by atoms with Crippen LogP contribution in [0.2, 0.25) is 0 Å². The van der Waals surface area contributed by atoms with Gasteiger partial charge < -0.3 is 10.0 Å². The molecule has 1 aromatic rings. The average molecular weight is 335 g/mol.